The highest BCUT2D eigenvalue weighted by Gasteiger charge is 2.07. The number of aromatic nitrogens is 1. The molecule has 94 valence electrons. The minimum Gasteiger partial charge on any atom is -0.399 e. The molecule has 2 N–H and O–H groups in total. The van der Waals surface area contributed by atoms with Crippen LogP contribution in [0.2, 0.25) is 0 Å². The number of halogens is 1. The van der Waals surface area contributed by atoms with Crippen LogP contribution < -0.4 is 5.73 Å². The molecule has 0 aliphatic carbocycles. The molecule has 0 bridgehead atoms. The number of hydrogen-bond acceptors (Lipinski definition) is 3. The van der Waals surface area contributed by atoms with Crippen molar-refractivity contribution < 1.29 is 4.39 Å². The van der Waals surface area contributed by atoms with Crippen LogP contribution in [0.15, 0.2) is 42.6 Å². The van der Waals surface area contributed by atoms with Gasteiger partial charge in [-0.05, 0) is 31.3 Å². The smallest absolute Gasteiger partial charge is 0.129 e. The van der Waals surface area contributed by atoms with Crippen LogP contribution in [0, 0.1) is 5.82 Å². The molecule has 18 heavy (non-hydrogen) atoms. The number of hydrogen-bond donors (Lipinski definition) is 1. The van der Waals surface area contributed by atoms with E-state index >= 15 is 0 Å². The lowest BCUT2D eigenvalue weighted by Gasteiger charge is -2.16. The maximum atomic E-state index is 13.6. The summed E-state index contributed by atoms with van der Waals surface area (Å²) in [5, 5.41) is 0. The number of nitrogens with zero attached hydrogens (tertiary/aromatic N) is 2. The molecular formula is C14H16FN3. The predicted molar refractivity (Wildman–Crippen MR) is 70.2 cm³/mol. The van der Waals surface area contributed by atoms with Crippen molar-refractivity contribution in [1.29, 1.82) is 0 Å². The van der Waals surface area contributed by atoms with Crippen molar-refractivity contribution in [2.45, 2.75) is 13.1 Å². The van der Waals surface area contributed by atoms with Crippen LogP contribution in [0.25, 0.3) is 0 Å². The summed E-state index contributed by atoms with van der Waals surface area (Å²) in [6.07, 6.45) is 1.76. The van der Waals surface area contributed by atoms with Gasteiger partial charge in [0.05, 0.1) is 5.69 Å². The van der Waals surface area contributed by atoms with E-state index in [2.05, 4.69) is 4.98 Å². The first-order valence-electron chi connectivity index (χ1n) is 5.77. The fourth-order valence-corrected chi connectivity index (χ4v) is 1.81. The molecular weight excluding hydrogens is 229 g/mol. The van der Waals surface area contributed by atoms with Crippen molar-refractivity contribution in [1.82, 2.24) is 9.88 Å². The minimum absolute atomic E-state index is 0.261. The van der Waals surface area contributed by atoms with Gasteiger partial charge in [-0.2, -0.15) is 0 Å². The third kappa shape index (κ3) is 3.28. The average Bonchev–Trinajstić information content (AvgIpc) is 2.34. The molecule has 2 aromatic rings. The summed E-state index contributed by atoms with van der Waals surface area (Å²) >= 11 is 0. The monoisotopic (exact) mass is 245 g/mol. The van der Waals surface area contributed by atoms with Crippen LogP contribution >= 0.6 is 0 Å². The Morgan fingerprint density at radius 2 is 2.06 bits per heavy atom. The number of pyridine rings is 1. The quantitative estimate of drug-likeness (QED) is 0.841. The molecule has 0 amide bonds. The maximum absolute atomic E-state index is 13.6. The zero-order chi connectivity index (χ0) is 13.0. The Morgan fingerprint density at radius 1 is 1.22 bits per heavy atom. The summed E-state index contributed by atoms with van der Waals surface area (Å²) in [5.41, 5.74) is 7.58. The molecule has 4 heteroatoms. The Hall–Kier alpha value is -1.94. The zero-order valence-electron chi connectivity index (χ0n) is 10.3. The van der Waals surface area contributed by atoms with E-state index in [1.54, 1.807) is 18.3 Å². The van der Waals surface area contributed by atoms with Crippen molar-refractivity contribution in [3.05, 3.63) is 59.7 Å². The number of nitrogen functional groups attached to an aromatic ring is 1. The molecule has 0 saturated heterocycles. The minimum atomic E-state index is -0.261. The van der Waals surface area contributed by atoms with Crippen LogP contribution in [0.4, 0.5) is 10.1 Å². The topological polar surface area (TPSA) is 42.2 Å². The molecule has 3 nitrogen and oxygen atoms in total. The van der Waals surface area contributed by atoms with E-state index in [9.17, 15) is 4.39 Å². The van der Waals surface area contributed by atoms with Gasteiger partial charge in [0.15, 0.2) is 0 Å². The van der Waals surface area contributed by atoms with Gasteiger partial charge in [0.25, 0.3) is 0 Å². The van der Waals surface area contributed by atoms with Gasteiger partial charge in [-0.25, -0.2) is 4.39 Å². The molecule has 0 atom stereocenters. The molecule has 2 rings (SSSR count). The number of rotatable bonds is 4. The summed E-state index contributed by atoms with van der Waals surface area (Å²) in [6.45, 7) is 1.22. The summed E-state index contributed by atoms with van der Waals surface area (Å²) in [4.78, 5) is 6.25. The Labute approximate surface area is 106 Å². The third-order valence-electron chi connectivity index (χ3n) is 2.68. The summed E-state index contributed by atoms with van der Waals surface area (Å²) in [6, 6.07) is 10.6. The SMILES string of the molecule is CN(Cc1ccccn1)Cc1ccc(N)cc1F. The largest absolute Gasteiger partial charge is 0.399 e. The fourth-order valence-electron chi connectivity index (χ4n) is 1.81. The van der Waals surface area contributed by atoms with Gasteiger partial charge in [0, 0.05) is 30.5 Å². The summed E-state index contributed by atoms with van der Waals surface area (Å²) < 4.78 is 13.6. The Kier molecular flexibility index (Phi) is 3.89. The Morgan fingerprint density at radius 3 is 2.72 bits per heavy atom. The van der Waals surface area contributed by atoms with Crippen molar-refractivity contribution >= 4 is 5.69 Å². The third-order valence-corrected chi connectivity index (χ3v) is 2.68. The standard InChI is InChI=1S/C14H16FN3/c1-18(10-13-4-2-3-7-17-13)9-11-5-6-12(16)8-14(11)15/h2-8H,9-10,16H2,1H3. The second-order valence-corrected chi connectivity index (χ2v) is 4.34. The van der Waals surface area contributed by atoms with Crippen LogP contribution in [0.1, 0.15) is 11.3 Å². The Balaban J connectivity index is 2.01. The van der Waals surface area contributed by atoms with Gasteiger partial charge in [-0.1, -0.05) is 12.1 Å². The van der Waals surface area contributed by atoms with E-state index < -0.39 is 0 Å². The first kappa shape index (κ1) is 12.5. The molecule has 0 saturated carbocycles. The molecule has 1 aromatic carbocycles. The molecule has 0 fully saturated rings. The highest BCUT2D eigenvalue weighted by Crippen LogP contribution is 2.14. The fraction of sp³-hybridized carbons (Fsp3) is 0.214. The maximum Gasteiger partial charge on any atom is 0.129 e. The molecule has 0 aliphatic rings. The lowest BCUT2D eigenvalue weighted by molar-refractivity contribution is 0.310. The lowest BCUT2D eigenvalue weighted by Crippen LogP contribution is -2.18. The molecule has 0 spiro atoms. The second kappa shape index (κ2) is 5.60. The van der Waals surface area contributed by atoms with Crippen LogP contribution in [0.3, 0.4) is 0 Å². The van der Waals surface area contributed by atoms with E-state index in [-0.39, 0.29) is 5.82 Å². The predicted octanol–water partition coefficient (Wildman–Crippen LogP) is 2.43. The van der Waals surface area contributed by atoms with E-state index in [1.165, 1.54) is 6.07 Å². The van der Waals surface area contributed by atoms with E-state index in [1.807, 2.05) is 30.1 Å². The van der Waals surface area contributed by atoms with Crippen molar-refractivity contribution in [3.8, 4) is 0 Å². The van der Waals surface area contributed by atoms with Crippen molar-refractivity contribution in [2.24, 2.45) is 0 Å². The summed E-state index contributed by atoms with van der Waals surface area (Å²) in [7, 11) is 1.93. The van der Waals surface area contributed by atoms with E-state index in [4.69, 9.17) is 5.73 Å². The molecule has 0 unspecified atom stereocenters. The Bertz CT molecular complexity index is 514. The van der Waals surface area contributed by atoms with Gasteiger partial charge in [0.1, 0.15) is 5.82 Å². The number of benzene rings is 1. The van der Waals surface area contributed by atoms with E-state index in [0.717, 1.165) is 5.69 Å². The number of nitrogens with two attached hydrogens (primary N) is 1. The second-order valence-electron chi connectivity index (χ2n) is 4.34. The van der Waals surface area contributed by atoms with Crippen molar-refractivity contribution in [3.63, 3.8) is 0 Å². The van der Waals surface area contributed by atoms with Crippen LogP contribution in [0.5, 0.6) is 0 Å². The average molecular weight is 245 g/mol. The van der Waals surface area contributed by atoms with Gasteiger partial charge in [-0.3, -0.25) is 9.88 Å². The zero-order valence-corrected chi connectivity index (χ0v) is 10.3. The van der Waals surface area contributed by atoms with Crippen LogP contribution in [-0.2, 0) is 13.1 Å². The highest BCUT2D eigenvalue weighted by molar-refractivity contribution is 5.40. The van der Waals surface area contributed by atoms with Gasteiger partial charge in [0.2, 0.25) is 0 Å². The normalized spacial score (nSPS) is 10.8. The molecule has 1 aromatic heterocycles. The summed E-state index contributed by atoms with van der Waals surface area (Å²) in [5.74, 6) is -0.261. The number of anilines is 1. The van der Waals surface area contributed by atoms with Gasteiger partial charge < -0.3 is 5.73 Å². The highest BCUT2D eigenvalue weighted by atomic mass is 19.1. The van der Waals surface area contributed by atoms with Crippen LogP contribution in [-0.4, -0.2) is 16.9 Å². The van der Waals surface area contributed by atoms with E-state index in [0.29, 0.717) is 24.3 Å². The molecule has 0 aliphatic heterocycles. The first-order valence-corrected chi connectivity index (χ1v) is 5.77. The molecule has 0 radical (unpaired) electrons. The first-order chi connectivity index (χ1) is 8.65. The van der Waals surface area contributed by atoms with Gasteiger partial charge in [-0.15, -0.1) is 0 Å². The van der Waals surface area contributed by atoms with Crippen molar-refractivity contribution in [2.75, 3.05) is 12.8 Å². The van der Waals surface area contributed by atoms with Gasteiger partial charge >= 0.3 is 0 Å². The lowest BCUT2D eigenvalue weighted by atomic mass is 10.2. The molecule has 1 heterocycles.